The fraction of sp³-hybridized carbons (Fsp3) is 0.444. The van der Waals surface area contributed by atoms with Gasteiger partial charge in [0, 0.05) is 57.2 Å². The average molecular weight is 345 g/mol. The number of ketones is 1. The molecule has 0 aliphatic carbocycles. The Morgan fingerprint density at radius 2 is 1.60 bits per heavy atom. The molecule has 0 atom stereocenters. The second-order valence-corrected chi connectivity index (χ2v) is 6.14. The first kappa shape index (κ1) is 18.6. The number of carbonyl (C=O) groups excluding carboxylic acids is 4. The lowest BCUT2D eigenvalue weighted by Gasteiger charge is -2.35. The Balaban J connectivity index is 1.92. The molecule has 25 heavy (non-hydrogen) atoms. The highest BCUT2D eigenvalue weighted by Gasteiger charge is 2.24. The fourth-order valence-electron chi connectivity index (χ4n) is 2.72. The number of anilines is 1. The van der Waals surface area contributed by atoms with Gasteiger partial charge in [-0.25, -0.2) is 0 Å². The largest absolute Gasteiger partial charge is 0.339 e. The average Bonchev–Trinajstić information content (AvgIpc) is 2.59. The standard InChI is InChI=1S/C18H23N3O4/c1-13(22)6-7-17(24)20-8-10-21(11-9-20)18(25)15-4-3-5-16(12-15)19-14(2)23/h3-5,12H,6-11H2,1-2H3,(H,19,23). The van der Waals surface area contributed by atoms with Crippen LogP contribution in [0.5, 0.6) is 0 Å². The lowest BCUT2D eigenvalue weighted by atomic mass is 10.1. The summed E-state index contributed by atoms with van der Waals surface area (Å²) in [4.78, 5) is 50.1. The zero-order valence-corrected chi connectivity index (χ0v) is 14.6. The van der Waals surface area contributed by atoms with Crippen molar-refractivity contribution in [1.82, 2.24) is 9.80 Å². The molecule has 0 saturated carbocycles. The molecule has 3 amide bonds. The molecular formula is C18H23N3O4. The molecule has 1 aromatic carbocycles. The van der Waals surface area contributed by atoms with Crippen LogP contribution in [0.15, 0.2) is 24.3 Å². The van der Waals surface area contributed by atoms with Crippen molar-refractivity contribution in [3.05, 3.63) is 29.8 Å². The summed E-state index contributed by atoms with van der Waals surface area (Å²) in [5, 5.41) is 2.66. The van der Waals surface area contributed by atoms with Crippen LogP contribution in [0, 0.1) is 0 Å². The highest BCUT2D eigenvalue weighted by Crippen LogP contribution is 2.15. The van der Waals surface area contributed by atoms with Gasteiger partial charge in [0.25, 0.3) is 5.91 Å². The first-order valence-corrected chi connectivity index (χ1v) is 8.31. The van der Waals surface area contributed by atoms with Crippen LogP contribution in [0.1, 0.15) is 37.0 Å². The Bertz CT molecular complexity index is 679. The summed E-state index contributed by atoms with van der Waals surface area (Å²) in [6.07, 6.45) is 0.482. The number of piperazine rings is 1. The number of carbonyl (C=O) groups is 4. The van der Waals surface area contributed by atoms with Crippen molar-refractivity contribution >= 4 is 29.2 Å². The highest BCUT2D eigenvalue weighted by molar-refractivity contribution is 5.97. The highest BCUT2D eigenvalue weighted by atomic mass is 16.2. The number of nitrogens with zero attached hydrogens (tertiary/aromatic N) is 2. The van der Waals surface area contributed by atoms with Crippen LogP contribution in [-0.2, 0) is 14.4 Å². The lowest BCUT2D eigenvalue weighted by Crippen LogP contribution is -2.50. The summed E-state index contributed by atoms with van der Waals surface area (Å²) in [5.74, 6) is -0.360. The number of rotatable bonds is 5. The predicted molar refractivity (Wildman–Crippen MR) is 93.1 cm³/mol. The fourth-order valence-corrected chi connectivity index (χ4v) is 2.72. The zero-order valence-electron chi connectivity index (χ0n) is 14.6. The predicted octanol–water partition coefficient (Wildman–Crippen LogP) is 1.30. The number of hydrogen-bond donors (Lipinski definition) is 1. The molecule has 1 saturated heterocycles. The van der Waals surface area contributed by atoms with E-state index < -0.39 is 0 Å². The third-order valence-corrected chi connectivity index (χ3v) is 4.04. The van der Waals surface area contributed by atoms with Crippen molar-refractivity contribution in [2.75, 3.05) is 31.5 Å². The van der Waals surface area contributed by atoms with Crippen LogP contribution in [0.25, 0.3) is 0 Å². The molecule has 1 aromatic rings. The number of amides is 3. The minimum atomic E-state index is -0.192. The smallest absolute Gasteiger partial charge is 0.254 e. The number of Topliss-reactive ketones (excluding diaryl/α,β-unsaturated/α-hetero) is 1. The number of nitrogens with one attached hydrogen (secondary N) is 1. The molecule has 134 valence electrons. The van der Waals surface area contributed by atoms with Gasteiger partial charge in [-0.1, -0.05) is 6.07 Å². The van der Waals surface area contributed by atoms with E-state index in [4.69, 9.17) is 0 Å². The van der Waals surface area contributed by atoms with Crippen molar-refractivity contribution in [2.24, 2.45) is 0 Å². The van der Waals surface area contributed by atoms with Gasteiger partial charge < -0.3 is 19.9 Å². The molecule has 0 aromatic heterocycles. The van der Waals surface area contributed by atoms with Crippen LogP contribution < -0.4 is 5.32 Å². The number of hydrogen-bond acceptors (Lipinski definition) is 4. The van der Waals surface area contributed by atoms with Gasteiger partial charge in [-0.2, -0.15) is 0 Å². The molecule has 1 N–H and O–H groups in total. The Hall–Kier alpha value is -2.70. The Morgan fingerprint density at radius 3 is 2.20 bits per heavy atom. The Morgan fingerprint density at radius 1 is 0.960 bits per heavy atom. The maximum Gasteiger partial charge on any atom is 0.254 e. The minimum Gasteiger partial charge on any atom is -0.339 e. The van der Waals surface area contributed by atoms with E-state index in [1.165, 1.54) is 13.8 Å². The van der Waals surface area contributed by atoms with Gasteiger partial charge >= 0.3 is 0 Å². The molecule has 1 fully saturated rings. The topological polar surface area (TPSA) is 86.8 Å². The molecule has 2 rings (SSSR count). The van der Waals surface area contributed by atoms with Gasteiger partial charge in [0.2, 0.25) is 11.8 Å². The van der Waals surface area contributed by atoms with Crippen molar-refractivity contribution in [1.29, 1.82) is 0 Å². The molecule has 1 aliphatic heterocycles. The van der Waals surface area contributed by atoms with E-state index in [0.717, 1.165) is 0 Å². The van der Waals surface area contributed by atoms with Crippen molar-refractivity contribution in [3.8, 4) is 0 Å². The summed E-state index contributed by atoms with van der Waals surface area (Å²) < 4.78 is 0. The van der Waals surface area contributed by atoms with Crippen LogP contribution in [0.2, 0.25) is 0 Å². The van der Waals surface area contributed by atoms with E-state index >= 15 is 0 Å². The van der Waals surface area contributed by atoms with Gasteiger partial charge in [0.1, 0.15) is 5.78 Å². The normalized spacial score (nSPS) is 14.2. The molecule has 0 unspecified atom stereocenters. The van der Waals surface area contributed by atoms with E-state index in [2.05, 4.69) is 5.32 Å². The maximum absolute atomic E-state index is 12.6. The van der Waals surface area contributed by atoms with E-state index in [0.29, 0.717) is 37.4 Å². The second kappa shape index (κ2) is 8.41. The summed E-state index contributed by atoms with van der Waals surface area (Å²) in [6.45, 7) is 4.72. The summed E-state index contributed by atoms with van der Waals surface area (Å²) in [7, 11) is 0. The molecule has 0 radical (unpaired) electrons. The molecule has 7 heteroatoms. The Kier molecular flexibility index (Phi) is 6.27. The molecule has 1 aliphatic rings. The number of benzene rings is 1. The van der Waals surface area contributed by atoms with Gasteiger partial charge in [-0.05, 0) is 25.1 Å². The van der Waals surface area contributed by atoms with Gasteiger partial charge in [0.05, 0.1) is 0 Å². The molecule has 1 heterocycles. The summed E-state index contributed by atoms with van der Waals surface area (Å²) >= 11 is 0. The summed E-state index contributed by atoms with van der Waals surface area (Å²) in [5.41, 5.74) is 1.08. The molecular weight excluding hydrogens is 322 g/mol. The second-order valence-electron chi connectivity index (χ2n) is 6.14. The first-order valence-electron chi connectivity index (χ1n) is 8.31. The third-order valence-electron chi connectivity index (χ3n) is 4.04. The quantitative estimate of drug-likeness (QED) is 0.871. The van der Waals surface area contributed by atoms with Gasteiger partial charge in [-0.15, -0.1) is 0 Å². The zero-order chi connectivity index (χ0) is 18.4. The third kappa shape index (κ3) is 5.41. The summed E-state index contributed by atoms with van der Waals surface area (Å²) in [6, 6.07) is 6.80. The van der Waals surface area contributed by atoms with Crippen molar-refractivity contribution < 1.29 is 19.2 Å². The van der Waals surface area contributed by atoms with Crippen molar-refractivity contribution in [2.45, 2.75) is 26.7 Å². The van der Waals surface area contributed by atoms with Crippen LogP contribution in [0.4, 0.5) is 5.69 Å². The van der Waals surface area contributed by atoms with Crippen LogP contribution in [0.3, 0.4) is 0 Å². The van der Waals surface area contributed by atoms with Crippen LogP contribution in [-0.4, -0.2) is 59.5 Å². The van der Waals surface area contributed by atoms with Crippen molar-refractivity contribution in [3.63, 3.8) is 0 Å². The van der Waals surface area contributed by atoms with Gasteiger partial charge in [-0.3, -0.25) is 14.4 Å². The monoisotopic (exact) mass is 345 g/mol. The lowest BCUT2D eigenvalue weighted by molar-refractivity contribution is -0.134. The SMILES string of the molecule is CC(=O)CCC(=O)N1CCN(C(=O)c2cccc(NC(C)=O)c2)CC1. The van der Waals surface area contributed by atoms with E-state index in [1.54, 1.807) is 34.1 Å². The van der Waals surface area contributed by atoms with E-state index in [-0.39, 0.29) is 36.3 Å². The molecule has 0 spiro atoms. The van der Waals surface area contributed by atoms with E-state index in [1.807, 2.05) is 0 Å². The van der Waals surface area contributed by atoms with Crippen LogP contribution >= 0.6 is 0 Å². The Labute approximate surface area is 147 Å². The molecule has 0 bridgehead atoms. The minimum absolute atomic E-state index is 0.00113. The maximum atomic E-state index is 12.6. The first-order chi connectivity index (χ1) is 11.9. The molecule has 7 nitrogen and oxygen atoms in total. The van der Waals surface area contributed by atoms with Gasteiger partial charge in [0.15, 0.2) is 0 Å². The van der Waals surface area contributed by atoms with E-state index in [9.17, 15) is 19.2 Å².